The van der Waals surface area contributed by atoms with Gasteiger partial charge < -0.3 is 29.0 Å². The molecule has 3 aliphatic heterocycles. The van der Waals surface area contributed by atoms with E-state index in [2.05, 4.69) is 24.9 Å². The van der Waals surface area contributed by atoms with Crippen LogP contribution >= 0.6 is 0 Å². The number of carbonyl (C=O) groups is 1. The minimum Gasteiger partial charge on any atom is -0.406 e. The fourth-order valence-electron chi connectivity index (χ4n) is 4.65. The van der Waals surface area contributed by atoms with Crippen molar-refractivity contribution in [3.63, 3.8) is 0 Å². The van der Waals surface area contributed by atoms with Crippen LogP contribution in [-0.4, -0.2) is 96.1 Å². The van der Waals surface area contributed by atoms with E-state index in [-0.39, 0.29) is 17.9 Å². The van der Waals surface area contributed by atoms with Gasteiger partial charge in [-0.1, -0.05) is 0 Å². The Morgan fingerprint density at radius 2 is 1.87 bits per heavy atom. The topological polar surface area (TPSA) is 93.4 Å². The van der Waals surface area contributed by atoms with Crippen LogP contribution in [0.5, 0.6) is 5.75 Å². The fourth-order valence-corrected chi connectivity index (χ4v) is 4.65. The summed E-state index contributed by atoms with van der Waals surface area (Å²) in [4.78, 5) is 26.2. The third-order valence-corrected chi connectivity index (χ3v) is 6.53. The molecule has 1 unspecified atom stereocenters. The molecule has 2 saturated heterocycles. The number of allylic oxidation sites excluding steroid dienone is 1. The van der Waals surface area contributed by atoms with Crippen molar-refractivity contribution in [1.29, 1.82) is 0 Å². The van der Waals surface area contributed by atoms with Crippen LogP contribution in [0.1, 0.15) is 12.7 Å². The molecule has 3 aliphatic rings. The van der Waals surface area contributed by atoms with Crippen molar-refractivity contribution < 1.29 is 32.2 Å². The van der Waals surface area contributed by atoms with Crippen molar-refractivity contribution in [2.75, 3.05) is 51.3 Å². The number of ether oxygens (including phenoxy) is 3. The number of benzene rings is 1. The summed E-state index contributed by atoms with van der Waals surface area (Å²) in [6.45, 7) is 6.79. The number of carbonyl (C=O) groups excluding carboxylic acids is 1. The smallest absolute Gasteiger partial charge is 0.406 e. The number of halogens is 3. The first-order valence-corrected chi connectivity index (χ1v) is 12.4. The average Bonchev–Trinajstić information content (AvgIpc) is 3.45. The van der Waals surface area contributed by atoms with Crippen molar-refractivity contribution in [2.24, 2.45) is 4.99 Å². The van der Waals surface area contributed by atoms with Crippen LogP contribution in [0.4, 0.5) is 19.0 Å². The number of aliphatic imine (C=N–C) groups is 1. The number of fused-ring (bicyclic) bond motifs is 1. The number of hydrogen-bond donors (Lipinski definition) is 1. The number of piperazine rings is 1. The molecule has 5 rings (SSSR count). The maximum Gasteiger partial charge on any atom is 0.573 e. The van der Waals surface area contributed by atoms with E-state index in [0.717, 1.165) is 13.1 Å². The maximum absolute atomic E-state index is 13.3. The second-order valence-electron chi connectivity index (χ2n) is 9.18. The number of alkyl halides is 3. The van der Waals surface area contributed by atoms with Gasteiger partial charge in [0, 0.05) is 51.0 Å². The lowest BCUT2D eigenvalue weighted by atomic mass is 10.1. The Kier molecular flexibility index (Phi) is 7.68. The van der Waals surface area contributed by atoms with E-state index in [1.807, 2.05) is 15.5 Å². The van der Waals surface area contributed by atoms with Gasteiger partial charge in [-0.05, 0) is 37.3 Å². The van der Waals surface area contributed by atoms with Gasteiger partial charge in [-0.2, -0.15) is 0 Å². The molecule has 1 N–H and O–H groups in total. The summed E-state index contributed by atoms with van der Waals surface area (Å²) >= 11 is 0. The predicted molar refractivity (Wildman–Crippen MR) is 133 cm³/mol. The zero-order valence-electron chi connectivity index (χ0n) is 20.9. The lowest BCUT2D eigenvalue weighted by molar-refractivity contribution is -0.274. The van der Waals surface area contributed by atoms with E-state index in [9.17, 15) is 18.0 Å². The van der Waals surface area contributed by atoms with E-state index in [0.29, 0.717) is 62.3 Å². The Bertz CT molecular complexity index is 1180. The summed E-state index contributed by atoms with van der Waals surface area (Å²) < 4.78 is 54.7. The summed E-state index contributed by atoms with van der Waals surface area (Å²) in [5.74, 6) is 0.770. The molecule has 0 spiro atoms. The van der Waals surface area contributed by atoms with E-state index in [1.54, 1.807) is 19.3 Å². The molecule has 38 heavy (non-hydrogen) atoms. The highest BCUT2D eigenvalue weighted by atomic mass is 19.4. The average molecular weight is 535 g/mol. The lowest BCUT2D eigenvalue weighted by Crippen LogP contribution is -2.53. The first-order valence-electron chi connectivity index (χ1n) is 12.4. The number of rotatable bonds is 7. The summed E-state index contributed by atoms with van der Waals surface area (Å²) in [6, 6.07) is 4.91. The number of amides is 1. The van der Waals surface area contributed by atoms with Crippen molar-refractivity contribution in [3.05, 3.63) is 42.4 Å². The fraction of sp³-hybridized carbons (Fsp3) is 0.480. The van der Waals surface area contributed by atoms with Gasteiger partial charge in [0.25, 0.3) is 0 Å². The quantitative estimate of drug-likeness (QED) is 0.584. The number of anilines is 1. The predicted octanol–water partition coefficient (Wildman–Crippen LogP) is 2.71. The van der Waals surface area contributed by atoms with E-state index in [1.165, 1.54) is 24.3 Å². The minimum absolute atomic E-state index is 0.0497. The molecule has 0 bridgehead atoms. The molecule has 2 aromatic rings. The van der Waals surface area contributed by atoms with Gasteiger partial charge in [0.1, 0.15) is 23.3 Å². The standard InChI is InChI=1S/C25H29F3N6O4/c1-17(24(35)33-11-9-32(10-12-33)16-21-36-13-14-37-21)30-23-22(31-20-15-29-7-2-8-34(20)23)18-3-5-19(6-4-18)38-25(26,27)28/h2-7,15,17,21,30H,8-14,16H2,1H3. The van der Waals surface area contributed by atoms with Gasteiger partial charge in [-0.25, -0.2) is 4.98 Å². The first-order chi connectivity index (χ1) is 18.3. The van der Waals surface area contributed by atoms with Crippen molar-refractivity contribution in [3.8, 4) is 17.0 Å². The van der Waals surface area contributed by atoms with E-state index in [4.69, 9.17) is 9.47 Å². The third kappa shape index (κ3) is 6.17. The van der Waals surface area contributed by atoms with Crippen molar-refractivity contribution >= 4 is 17.9 Å². The normalized spacial score (nSPS) is 19.3. The van der Waals surface area contributed by atoms with Crippen LogP contribution in [-0.2, 0) is 20.8 Å². The van der Waals surface area contributed by atoms with Gasteiger partial charge in [0.05, 0.1) is 19.4 Å². The SMILES string of the molecule is CC(Nc1c(-c2ccc(OC(F)(F)F)cc2)nc2n1CC=CN=C2)C(=O)N1CCN(CC2OCCO2)CC1. The van der Waals surface area contributed by atoms with E-state index >= 15 is 0 Å². The van der Waals surface area contributed by atoms with Gasteiger partial charge in [-0.3, -0.25) is 14.7 Å². The van der Waals surface area contributed by atoms with Crippen LogP contribution in [0.25, 0.3) is 11.3 Å². The Morgan fingerprint density at radius 1 is 1.16 bits per heavy atom. The molecule has 0 saturated carbocycles. The number of imidazole rings is 1. The summed E-state index contributed by atoms with van der Waals surface area (Å²) in [7, 11) is 0. The number of nitrogens with zero attached hydrogens (tertiary/aromatic N) is 5. The molecule has 10 nitrogen and oxygen atoms in total. The van der Waals surface area contributed by atoms with Gasteiger partial charge in [0.15, 0.2) is 12.1 Å². The molecular weight excluding hydrogens is 505 g/mol. The third-order valence-electron chi connectivity index (χ3n) is 6.53. The molecule has 4 heterocycles. The zero-order chi connectivity index (χ0) is 26.7. The molecule has 0 aliphatic carbocycles. The molecule has 13 heteroatoms. The molecule has 1 aromatic carbocycles. The molecular formula is C25H29F3N6O4. The molecule has 0 radical (unpaired) electrons. The molecule has 1 amide bonds. The Balaban J connectivity index is 1.30. The molecule has 1 atom stereocenters. The maximum atomic E-state index is 13.3. The summed E-state index contributed by atoms with van der Waals surface area (Å²) in [6.07, 6.45) is 0.134. The van der Waals surface area contributed by atoms with Crippen LogP contribution < -0.4 is 10.1 Å². The highest BCUT2D eigenvalue weighted by Crippen LogP contribution is 2.32. The number of nitrogens with one attached hydrogen (secondary N) is 1. The highest BCUT2D eigenvalue weighted by molar-refractivity contribution is 5.88. The van der Waals surface area contributed by atoms with Gasteiger partial charge in [-0.15, -0.1) is 13.2 Å². The second-order valence-corrected chi connectivity index (χ2v) is 9.18. The first kappa shape index (κ1) is 26.2. The minimum atomic E-state index is -4.78. The highest BCUT2D eigenvalue weighted by Gasteiger charge is 2.32. The van der Waals surface area contributed by atoms with Crippen LogP contribution in [0.15, 0.2) is 41.5 Å². The summed E-state index contributed by atoms with van der Waals surface area (Å²) in [5.41, 5.74) is 1.07. The molecule has 1 aromatic heterocycles. The summed E-state index contributed by atoms with van der Waals surface area (Å²) in [5, 5.41) is 3.31. The van der Waals surface area contributed by atoms with E-state index < -0.39 is 12.4 Å². The van der Waals surface area contributed by atoms with Crippen molar-refractivity contribution in [2.45, 2.75) is 32.2 Å². The molecule has 2 fully saturated rings. The van der Waals surface area contributed by atoms with Gasteiger partial charge >= 0.3 is 6.36 Å². The zero-order valence-corrected chi connectivity index (χ0v) is 20.9. The van der Waals surface area contributed by atoms with Crippen LogP contribution in [0.2, 0.25) is 0 Å². The molecule has 204 valence electrons. The van der Waals surface area contributed by atoms with Crippen molar-refractivity contribution in [1.82, 2.24) is 19.4 Å². The Labute approximate surface area is 217 Å². The van der Waals surface area contributed by atoms with Crippen LogP contribution in [0.3, 0.4) is 0 Å². The van der Waals surface area contributed by atoms with Crippen LogP contribution in [0, 0.1) is 0 Å². The number of aromatic nitrogens is 2. The monoisotopic (exact) mass is 534 g/mol. The van der Waals surface area contributed by atoms with Gasteiger partial charge in [0.2, 0.25) is 5.91 Å². The lowest BCUT2D eigenvalue weighted by Gasteiger charge is -2.36. The largest absolute Gasteiger partial charge is 0.573 e. The Morgan fingerprint density at radius 3 is 2.55 bits per heavy atom. The second kappa shape index (κ2) is 11.1. The number of hydrogen-bond acceptors (Lipinski definition) is 8. The Hall–Kier alpha value is -3.42.